The van der Waals surface area contributed by atoms with Crippen molar-refractivity contribution in [3.8, 4) is 11.1 Å². The highest BCUT2D eigenvalue weighted by atomic mass is 16.3. The van der Waals surface area contributed by atoms with Crippen molar-refractivity contribution in [1.82, 2.24) is 14.8 Å². The van der Waals surface area contributed by atoms with Crippen molar-refractivity contribution in [3.63, 3.8) is 0 Å². The van der Waals surface area contributed by atoms with Gasteiger partial charge in [-0.1, -0.05) is 30.3 Å². The van der Waals surface area contributed by atoms with E-state index in [0.717, 1.165) is 29.5 Å². The average Bonchev–Trinajstić information content (AvgIpc) is 3.55. The molecule has 3 aliphatic rings. The summed E-state index contributed by atoms with van der Waals surface area (Å²) in [7, 11) is 0. The van der Waals surface area contributed by atoms with Gasteiger partial charge in [-0.25, -0.2) is 0 Å². The Morgan fingerprint density at radius 3 is 2.57 bits per heavy atom. The topological polar surface area (TPSA) is 73.7 Å². The van der Waals surface area contributed by atoms with E-state index < -0.39 is 0 Å². The highest BCUT2D eigenvalue weighted by Crippen LogP contribution is 2.44. The smallest absolute Gasteiger partial charge is 0.242 e. The molecule has 1 aromatic carbocycles. The number of carbonyl (C=O) groups is 2. The van der Waals surface area contributed by atoms with E-state index in [2.05, 4.69) is 29.2 Å². The van der Waals surface area contributed by atoms with Crippen LogP contribution in [0.4, 0.5) is 0 Å². The average molecular weight is 377 g/mol. The van der Waals surface area contributed by atoms with Gasteiger partial charge in [0.15, 0.2) is 0 Å². The first-order valence-electron chi connectivity index (χ1n) is 9.88. The summed E-state index contributed by atoms with van der Waals surface area (Å²) in [6.07, 6.45) is 5.46. The number of amides is 2. The number of fused-ring (bicyclic) bond motifs is 1. The molecule has 2 aromatic rings. The zero-order valence-corrected chi connectivity index (χ0v) is 15.6. The van der Waals surface area contributed by atoms with Crippen molar-refractivity contribution < 1.29 is 14.7 Å². The monoisotopic (exact) mass is 377 g/mol. The molecule has 2 aliphatic heterocycles. The zero-order valence-electron chi connectivity index (χ0n) is 15.6. The fourth-order valence-corrected chi connectivity index (χ4v) is 4.69. The summed E-state index contributed by atoms with van der Waals surface area (Å²) in [6, 6.07) is 11.9. The summed E-state index contributed by atoms with van der Waals surface area (Å²) in [5, 5.41) is 9.90. The van der Waals surface area contributed by atoms with Crippen LogP contribution in [-0.2, 0) is 9.59 Å². The van der Waals surface area contributed by atoms with Crippen LogP contribution in [-0.4, -0.2) is 63.5 Å². The number of nitrogens with zero attached hydrogens (tertiary/aromatic N) is 3. The predicted molar refractivity (Wildman–Crippen MR) is 103 cm³/mol. The Balaban J connectivity index is 1.39. The maximum atomic E-state index is 12.6. The molecule has 2 saturated heterocycles. The van der Waals surface area contributed by atoms with Crippen LogP contribution in [0.1, 0.15) is 24.3 Å². The van der Waals surface area contributed by atoms with Gasteiger partial charge in [0.1, 0.15) is 0 Å². The molecular formula is C22H23N3O3. The molecule has 0 radical (unpaired) electrons. The van der Waals surface area contributed by atoms with Crippen molar-refractivity contribution in [2.24, 2.45) is 5.92 Å². The van der Waals surface area contributed by atoms with Gasteiger partial charge in [-0.3, -0.25) is 14.6 Å². The fraction of sp³-hybridized carbons (Fsp3) is 0.409. The number of hydrogen-bond donors (Lipinski definition) is 1. The number of rotatable bonds is 4. The lowest BCUT2D eigenvalue weighted by Gasteiger charge is -2.58. The summed E-state index contributed by atoms with van der Waals surface area (Å²) in [4.78, 5) is 32.8. The van der Waals surface area contributed by atoms with E-state index in [-0.39, 0.29) is 48.9 Å². The second-order valence-corrected chi connectivity index (χ2v) is 8.00. The highest BCUT2D eigenvalue weighted by molar-refractivity contribution is 5.89. The van der Waals surface area contributed by atoms with E-state index in [1.807, 2.05) is 18.3 Å². The van der Waals surface area contributed by atoms with Crippen LogP contribution in [0.3, 0.4) is 0 Å². The molecule has 2 amide bonds. The second-order valence-electron chi connectivity index (χ2n) is 8.00. The highest BCUT2D eigenvalue weighted by Gasteiger charge is 2.55. The largest absolute Gasteiger partial charge is 0.394 e. The molecule has 3 fully saturated rings. The van der Waals surface area contributed by atoms with Crippen LogP contribution < -0.4 is 0 Å². The van der Waals surface area contributed by atoms with Gasteiger partial charge in [-0.2, -0.15) is 0 Å². The number of hydrogen-bond acceptors (Lipinski definition) is 4. The van der Waals surface area contributed by atoms with Crippen molar-refractivity contribution in [2.45, 2.75) is 30.8 Å². The first-order valence-corrected chi connectivity index (χ1v) is 9.88. The van der Waals surface area contributed by atoms with Gasteiger partial charge in [0, 0.05) is 30.8 Å². The third kappa shape index (κ3) is 2.79. The molecule has 1 saturated carbocycles. The molecule has 0 bridgehead atoms. The Morgan fingerprint density at radius 2 is 1.93 bits per heavy atom. The molecule has 3 heterocycles. The standard InChI is InChI=1S/C22H23N3O3/c26-13-19-21(15-5-3-14(4-6-15)17-2-1-9-23-10-17)18-11-24(12-20(27)25(18)19)22(28)16-7-8-16/h1-6,9-10,16,18-19,21,26H,7-8,11-13H2/t18-,19-,21-/m1/s1. The Bertz CT molecular complexity index is 895. The van der Waals surface area contributed by atoms with E-state index in [1.165, 1.54) is 0 Å². The van der Waals surface area contributed by atoms with Crippen LogP contribution in [0.2, 0.25) is 0 Å². The Kier molecular flexibility index (Phi) is 4.16. The van der Waals surface area contributed by atoms with Crippen LogP contribution in [0, 0.1) is 5.92 Å². The Morgan fingerprint density at radius 1 is 1.14 bits per heavy atom. The lowest BCUT2D eigenvalue weighted by Crippen LogP contribution is -2.73. The van der Waals surface area contributed by atoms with Gasteiger partial charge in [-0.15, -0.1) is 0 Å². The third-order valence-corrected chi connectivity index (χ3v) is 6.28. The second kappa shape index (κ2) is 6.71. The maximum Gasteiger partial charge on any atom is 0.242 e. The summed E-state index contributed by atoms with van der Waals surface area (Å²) in [6.45, 7) is 0.648. The lowest BCUT2D eigenvalue weighted by molar-refractivity contribution is -0.167. The maximum absolute atomic E-state index is 12.6. The predicted octanol–water partition coefficient (Wildman–Crippen LogP) is 1.66. The number of carbonyl (C=O) groups excluding carboxylic acids is 2. The van der Waals surface area contributed by atoms with E-state index in [0.29, 0.717) is 6.54 Å². The molecule has 6 heteroatoms. The van der Waals surface area contributed by atoms with Crippen molar-refractivity contribution in [2.75, 3.05) is 19.7 Å². The SMILES string of the molecule is O=C(C1CC1)N1CC(=O)N2[C@H](CO)[C@H](c3ccc(-c4cccnc4)cc3)[C@H]2C1. The van der Waals surface area contributed by atoms with E-state index in [1.54, 1.807) is 16.0 Å². The third-order valence-electron chi connectivity index (χ3n) is 6.28. The molecular weight excluding hydrogens is 354 g/mol. The first kappa shape index (κ1) is 17.4. The minimum absolute atomic E-state index is 0.0479. The molecule has 144 valence electrons. The van der Waals surface area contributed by atoms with Gasteiger partial charge >= 0.3 is 0 Å². The van der Waals surface area contributed by atoms with Gasteiger partial charge < -0.3 is 14.9 Å². The quantitative estimate of drug-likeness (QED) is 0.879. The van der Waals surface area contributed by atoms with Gasteiger partial charge in [0.25, 0.3) is 0 Å². The molecule has 5 rings (SSSR count). The van der Waals surface area contributed by atoms with Gasteiger partial charge in [0.2, 0.25) is 11.8 Å². The van der Waals surface area contributed by atoms with E-state index in [4.69, 9.17) is 0 Å². The van der Waals surface area contributed by atoms with Crippen LogP contribution in [0.15, 0.2) is 48.8 Å². The van der Waals surface area contributed by atoms with Crippen LogP contribution in [0.25, 0.3) is 11.1 Å². The Labute approximate surface area is 163 Å². The van der Waals surface area contributed by atoms with Gasteiger partial charge in [0.05, 0.1) is 25.2 Å². The minimum Gasteiger partial charge on any atom is -0.394 e. The van der Waals surface area contributed by atoms with Gasteiger partial charge in [-0.05, 0) is 35.6 Å². The number of piperazine rings is 1. The number of aliphatic hydroxyl groups is 1. The first-order chi connectivity index (χ1) is 13.7. The molecule has 3 atom stereocenters. The van der Waals surface area contributed by atoms with Crippen molar-refractivity contribution in [3.05, 3.63) is 54.4 Å². The number of aliphatic hydroxyl groups excluding tert-OH is 1. The van der Waals surface area contributed by atoms with Crippen LogP contribution in [0.5, 0.6) is 0 Å². The zero-order chi connectivity index (χ0) is 19.3. The molecule has 6 nitrogen and oxygen atoms in total. The van der Waals surface area contributed by atoms with E-state index in [9.17, 15) is 14.7 Å². The number of benzene rings is 1. The molecule has 28 heavy (non-hydrogen) atoms. The number of aromatic nitrogens is 1. The molecule has 0 spiro atoms. The van der Waals surface area contributed by atoms with Crippen molar-refractivity contribution >= 4 is 11.8 Å². The molecule has 1 aliphatic carbocycles. The van der Waals surface area contributed by atoms with Crippen molar-refractivity contribution in [1.29, 1.82) is 0 Å². The Hall–Kier alpha value is -2.73. The number of pyridine rings is 1. The molecule has 0 unspecified atom stereocenters. The summed E-state index contributed by atoms with van der Waals surface area (Å²) in [5.74, 6) is 0.232. The summed E-state index contributed by atoms with van der Waals surface area (Å²) >= 11 is 0. The molecule has 1 aromatic heterocycles. The summed E-state index contributed by atoms with van der Waals surface area (Å²) in [5.41, 5.74) is 3.23. The minimum atomic E-state index is -0.208. The van der Waals surface area contributed by atoms with E-state index >= 15 is 0 Å². The fourth-order valence-electron chi connectivity index (χ4n) is 4.69. The normalized spacial score (nSPS) is 26.6. The lowest BCUT2D eigenvalue weighted by atomic mass is 9.73. The van der Waals surface area contributed by atoms with Crippen LogP contribution >= 0.6 is 0 Å². The summed E-state index contributed by atoms with van der Waals surface area (Å²) < 4.78 is 0. The molecule has 1 N–H and O–H groups in total.